The third-order valence-electron chi connectivity index (χ3n) is 4.20. The molecule has 1 aromatic rings. The molecule has 0 radical (unpaired) electrons. The summed E-state index contributed by atoms with van der Waals surface area (Å²) in [5.41, 5.74) is 3.12. The number of hydrogen-bond donors (Lipinski definition) is 1. The zero-order valence-corrected chi connectivity index (χ0v) is 12.1. The van der Waals surface area contributed by atoms with E-state index in [9.17, 15) is 5.26 Å². The maximum atomic E-state index is 9.41. The Morgan fingerprint density at radius 3 is 2.65 bits per heavy atom. The van der Waals surface area contributed by atoms with E-state index in [0.29, 0.717) is 6.04 Å². The average Bonchev–Trinajstić information content (AvgIpc) is 3.30. The number of rotatable bonds is 4. The van der Waals surface area contributed by atoms with Gasteiger partial charge in [-0.1, -0.05) is 6.07 Å². The van der Waals surface area contributed by atoms with Crippen LogP contribution < -0.4 is 10.2 Å². The number of anilines is 1. The summed E-state index contributed by atoms with van der Waals surface area (Å²) >= 11 is 0. The van der Waals surface area contributed by atoms with Crippen molar-refractivity contribution in [1.82, 2.24) is 10.2 Å². The summed E-state index contributed by atoms with van der Waals surface area (Å²) in [7, 11) is 2.15. The van der Waals surface area contributed by atoms with Crippen molar-refractivity contribution in [2.24, 2.45) is 0 Å². The van der Waals surface area contributed by atoms with Gasteiger partial charge in [-0.05, 0) is 37.6 Å². The fourth-order valence-corrected chi connectivity index (χ4v) is 2.66. The lowest BCUT2D eigenvalue weighted by molar-refractivity contribution is 0.313. The van der Waals surface area contributed by atoms with Gasteiger partial charge in [0.05, 0.1) is 11.3 Å². The predicted molar refractivity (Wildman–Crippen MR) is 80.7 cm³/mol. The number of nitrogens with one attached hydrogen (secondary N) is 1. The minimum atomic E-state index is 0.706. The van der Waals surface area contributed by atoms with Gasteiger partial charge in [-0.3, -0.25) is 0 Å². The highest BCUT2D eigenvalue weighted by molar-refractivity contribution is 5.60. The van der Waals surface area contributed by atoms with Crippen molar-refractivity contribution in [3.63, 3.8) is 0 Å². The highest BCUT2D eigenvalue weighted by Crippen LogP contribution is 2.24. The van der Waals surface area contributed by atoms with Crippen LogP contribution in [0.3, 0.4) is 0 Å². The molecule has 0 aromatic heterocycles. The lowest BCUT2D eigenvalue weighted by atomic mass is 10.1. The first-order valence-electron chi connectivity index (χ1n) is 7.46. The summed E-state index contributed by atoms with van der Waals surface area (Å²) in [4.78, 5) is 4.66. The maximum absolute atomic E-state index is 9.41. The highest BCUT2D eigenvalue weighted by Gasteiger charge is 2.21. The molecule has 1 aliphatic heterocycles. The minimum absolute atomic E-state index is 0.706. The molecular formula is C16H22N4. The third-order valence-corrected chi connectivity index (χ3v) is 4.20. The zero-order valence-electron chi connectivity index (χ0n) is 12.1. The Morgan fingerprint density at radius 2 is 2.00 bits per heavy atom. The lowest BCUT2D eigenvalue weighted by Gasteiger charge is -2.34. The minimum Gasteiger partial charge on any atom is -0.368 e. The molecule has 2 aliphatic rings. The van der Waals surface area contributed by atoms with Crippen LogP contribution in [-0.4, -0.2) is 44.2 Å². The SMILES string of the molecule is CN1CCN(c2ccc(CNC3CC3)cc2C#N)CC1. The van der Waals surface area contributed by atoms with Crippen LogP contribution in [0, 0.1) is 11.3 Å². The molecule has 0 unspecified atom stereocenters. The Labute approximate surface area is 121 Å². The second kappa shape index (κ2) is 5.82. The van der Waals surface area contributed by atoms with Crippen molar-refractivity contribution in [2.45, 2.75) is 25.4 Å². The second-order valence-electron chi connectivity index (χ2n) is 5.91. The standard InChI is InChI=1S/C16H22N4/c1-19-6-8-20(9-7-19)16-5-2-13(10-14(16)11-17)12-18-15-3-4-15/h2,5,10,15,18H,3-4,6-9,12H2,1H3. The molecule has 4 nitrogen and oxygen atoms in total. The van der Waals surface area contributed by atoms with E-state index in [-0.39, 0.29) is 0 Å². The van der Waals surface area contributed by atoms with Gasteiger partial charge in [0.2, 0.25) is 0 Å². The molecule has 1 N–H and O–H groups in total. The fraction of sp³-hybridized carbons (Fsp3) is 0.562. The lowest BCUT2D eigenvalue weighted by Crippen LogP contribution is -2.44. The van der Waals surface area contributed by atoms with E-state index in [1.807, 2.05) is 6.07 Å². The van der Waals surface area contributed by atoms with Gasteiger partial charge in [0.15, 0.2) is 0 Å². The molecule has 1 aromatic carbocycles. The van der Waals surface area contributed by atoms with Crippen LogP contribution in [-0.2, 0) is 6.54 Å². The molecule has 106 valence electrons. The van der Waals surface area contributed by atoms with E-state index in [1.165, 1.54) is 18.4 Å². The Hall–Kier alpha value is -1.57. The molecule has 0 spiro atoms. The quantitative estimate of drug-likeness (QED) is 0.901. The van der Waals surface area contributed by atoms with Crippen molar-refractivity contribution in [2.75, 3.05) is 38.1 Å². The molecule has 2 fully saturated rings. The van der Waals surface area contributed by atoms with Crippen LogP contribution in [0.1, 0.15) is 24.0 Å². The van der Waals surface area contributed by atoms with Crippen molar-refractivity contribution < 1.29 is 0 Å². The van der Waals surface area contributed by atoms with Gasteiger partial charge in [-0.25, -0.2) is 0 Å². The summed E-state index contributed by atoms with van der Waals surface area (Å²) < 4.78 is 0. The maximum Gasteiger partial charge on any atom is 0.101 e. The van der Waals surface area contributed by atoms with Gasteiger partial charge in [0, 0.05) is 38.8 Å². The van der Waals surface area contributed by atoms with E-state index in [0.717, 1.165) is 44.0 Å². The number of piperazine rings is 1. The van der Waals surface area contributed by atoms with E-state index in [1.54, 1.807) is 0 Å². The predicted octanol–water partition coefficient (Wildman–Crippen LogP) is 1.56. The van der Waals surface area contributed by atoms with Gasteiger partial charge in [-0.2, -0.15) is 5.26 Å². The zero-order chi connectivity index (χ0) is 13.9. The van der Waals surface area contributed by atoms with Gasteiger partial charge in [0.25, 0.3) is 0 Å². The van der Waals surface area contributed by atoms with Crippen molar-refractivity contribution in [1.29, 1.82) is 5.26 Å². The summed E-state index contributed by atoms with van der Waals surface area (Å²) in [5.74, 6) is 0. The third kappa shape index (κ3) is 3.12. The molecule has 0 atom stereocenters. The van der Waals surface area contributed by atoms with Crippen LogP contribution >= 0.6 is 0 Å². The summed E-state index contributed by atoms with van der Waals surface area (Å²) in [6.45, 7) is 5.02. The highest BCUT2D eigenvalue weighted by atomic mass is 15.2. The topological polar surface area (TPSA) is 42.3 Å². The molecule has 1 aliphatic carbocycles. The van der Waals surface area contributed by atoms with Crippen molar-refractivity contribution in [3.8, 4) is 6.07 Å². The first kappa shape index (κ1) is 13.4. The molecule has 1 saturated heterocycles. The van der Waals surface area contributed by atoms with Crippen molar-refractivity contribution in [3.05, 3.63) is 29.3 Å². The fourth-order valence-electron chi connectivity index (χ4n) is 2.66. The molecular weight excluding hydrogens is 248 g/mol. The number of benzene rings is 1. The van der Waals surface area contributed by atoms with Crippen molar-refractivity contribution >= 4 is 5.69 Å². The molecule has 0 bridgehead atoms. The Kier molecular flexibility index (Phi) is 3.90. The van der Waals surface area contributed by atoms with Gasteiger partial charge >= 0.3 is 0 Å². The molecule has 3 rings (SSSR count). The van der Waals surface area contributed by atoms with Gasteiger partial charge < -0.3 is 15.1 Å². The van der Waals surface area contributed by atoms with Gasteiger partial charge in [-0.15, -0.1) is 0 Å². The van der Waals surface area contributed by atoms with Crippen LogP contribution in [0.25, 0.3) is 0 Å². The number of likely N-dealkylation sites (N-methyl/N-ethyl adjacent to an activating group) is 1. The van der Waals surface area contributed by atoms with E-state index < -0.39 is 0 Å². The summed E-state index contributed by atoms with van der Waals surface area (Å²) in [5, 5.41) is 12.9. The normalized spacial score (nSPS) is 19.9. The second-order valence-corrected chi connectivity index (χ2v) is 5.91. The van der Waals surface area contributed by atoms with E-state index >= 15 is 0 Å². The summed E-state index contributed by atoms with van der Waals surface area (Å²) in [6.07, 6.45) is 2.59. The Bertz CT molecular complexity index is 508. The first-order chi connectivity index (χ1) is 9.76. The Balaban J connectivity index is 1.71. The monoisotopic (exact) mass is 270 g/mol. The molecule has 20 heavy (non-hydrogen) atoms. The molecule has 0 amide bonds. The first-order valence-corrected chi connectivity index (χ1v) is 7.46. The van der Waals surface area contributed by atoms with Crippen LogP contribution in [0.5, 0.6) is 0 Å². The van der Waals surface area contributed by atoms with Gasteiger partial charge in [0.1, 0.15) is 6.07 Å². The smallest absolute Gasteiger partial charge is 0.101 e. The summed E-state index contributed by atoms with van der Waals surface area (Å²) in [6, 6.07) is 9.39. The number of nitriles is 1. The average molecular weight is 270 g/mol. The van der Waals surface area contributed by atoms with Crippen LogP contribution in [0.4, 0.5) is 5.69 Å². The Morgan fingerprint density at radius 1 is 1.25 bits per heavy atom. The molecule has 1 heterocycles. The van der Waals surface area contributed by atoms with Crippen LogP contribution in [0.15, 0.2) is 18.2 Å². The number of hydrogen-bond acceptors (Lipinski definition) is 4. The van der Waals surface area contributed by atoms with E-state index in [4.69, 9.17) is 0 Å². The van der Waals surface area contributed by atoms with Crippen LogP contribution in [0.2, 0.25) is 0 Å². The number of nitrogens with zero attached hydrogens (tertiary/aromatic N) is 3. The molecule has 4 heteroatoms. The van der Waals surface area contributed by atoms with E-state index in [2.05, 4.69) is 40.4 Å². The molecule has 1 saturated carbocycles. The largest absolute Gasteiger partial charge is 0.368 e.